The molecule has 1 aromatic rings. The molecule has 1 aromatic heterocycles. The van der Waals surface area contributed by atoms with E-state index in [-0.39, 0.29) is 0 Å². The summed E-state index contributed by atoms with van der Waals surface area (Å²) in [4.78, 5) is 12.8. The number of morpholine rings is 1. The molecule has 23 heavy (non-hydrogen) atoms. The number of rotatable bonds is 3. The van der Waals surface area contributed by atoms with Crippen molar-refractivity contribution in [2.24, 2.45) is 11.8 Å². The molecular formula is C16H23FN4O2. The number of nitrogens with zero attached hydrogens (tertiary/aromatic N) is 4. The molecular weight excluding hydrogens is 299 g/mol. The number of hydrogen-bond donors (Lipinski definition) is 0. The van der Waals surface area contributed by atoms with Crippen LogP contribution in [0.1, 0.15) is 6.42 Å². The van der Waals surface area contributed by atoms with Crippen molar-refractivity contribution >= 4 is 5.95 Å². The Morgan fingerprint density at radius 1 is 1.17 bits per heavy atom. The average molecular weight is 322 g/mol. The lowest BCUT2D eigenvalue weighted by atomic mass is 9.84. The predicted molar refractivity (Wildman–Crippen MR) is 82.8 cm³/mol. The third-order valence-corrected chi connectivity index (χ3v) is 5.23. The molecule has 0 aliphatic carbocycles. The van der Waals surface area contributed by atoms with Crippen molar-refractivity contribution in [1.29, 1.82) is 0 Å². The number of ether oxygens (including phenoxy) is 2. The minimum Gasteiger partial charge on any atom is -0.379 e. The molecule has 6 nitrogen and oxygen atoms in total. The van der Waals surface area contributed by atoms with Gasteiger partial charge in [-0.05, 0) is 12.3 Å². The van der Waals surface area contributed by atoms with Crippen molar-refractivity contribution in [1.82, 2.24) is 14.9 Å². The van der Waals surface area contributed by atoms with E-state index in [4.69, 9.17) is 9.47 Å². The van der Waals surface area contributed by atoms with Crippen LogP contribution in [-0.2, 0) is 9.47 Å². The summed E-state index contributed by atoms with van der Waals surface area (Å²) >= 11 is 0. The number of aromatic nitrogens is 2. The van der Waals surface area contributed by atoms with Gasteiger partial charge in [-0.15, -0.1) is 0 Å². The Kier molecular flexibility index (Phi) is 4.41. The molecule has 0 bridgehead atoms. The van der Waals surface area contributed by atoms with E-state index in [1.165, 1.54) is 12.4 Å². The zero-order valence-electron chi connectivity index (χ0n) is 13.2. The van der Waals surface area contributed by atoms with Gasteiger partial charge in [0.25, 0.3) is 0 Å². The van der Waals surface area contributed by atoms with Crippen molar-refractivity contribution in [2.75, 3.05) is 57.4 Å². The topological polar surface area (TPSA) is 50.7 Å². The first-order valence-electron chi connectivity index (χ1n) is 8.44. The largest absolute Gasteiger partial charge is 0.379 e. The average Bonchev–Trinajstić information content (AvgIpc) is 2.99. The summed E-state index contributed by atoms with van der Waals surface area (Å²) in [6, 6.07) is 0. The second-order valence-electron chi connectivity index (χ2n) is 6.64. The summed E-state index contributed by atoms with van der Waals surface area (Å²) in [6.45, 7) is 7.30. The van der Waals surface area contributed by atoms with Crippen LogP contribution >= 0.6 is 0 Å². The zero-order chi connectivity index (χ0) is 15.6. The maximum atomic E-state index is 13.0. The Labute approximate surface area is 135 Å². The molecule has 0 N–H and O–H groups in total. The molecule has 0 spiro atoms. The molecule has 0 unspecified atom stereocenters. The van der Waals surface area contributed by atoms with E-state index in [1.807, 2.05) is 0 Å². The third kappa shape index (κ3) is 3.32. The van der Waals surface area contributed by atoms with Crippen LogP contribution < -0.4 is 4.90 Å². The first-order chi connectivity index (χ1) is 11.3. The van der Waals surface area contributed by atoms with Gasteiger partial charge < -0.3 is 14.4 Å². The van der Waals surface area contributed by atoms with Crippen LogP contribution in [0.5, 0.6) is 0 Å². The summed E-state index contributed by atoms with van der Waals surface area (Å²) < 4.78 is 24.5. The third-order valence-electron chi connectivity index (χ3n) is 5.23. The second kappa shape index (κ2) is 6.67. The van der Waals surface area contributed by atoms with Gasteiger partial charge in [-0.2, -0.15) is 0 Å². The lowest BCUT2D eigenvalue weighted by Gasteiger charge is -2.37. The van der Waals surface area contributed by atoms with Crippen LogP contribution in [0.2, 0.25) is 0 Å². The summed E-state index contributed by atoms with van der Waals surface area (Å²) in [7, 11) is 0. The lowest BCUT2D eigenvalue weighted by Crippen LogP contribution is -2.46. The molecule has 0 saturated carbocycles. The van der Waals surface area contributed by atoms with Gasteiger partial charge >= 0.3 is 0 Å². The number of piperidine rings is 1. The van der Waals surface area contributed by atoms with E-state index in [9.17, 15) is 4.39 Å². The van der Waals surface area contributed by atoms with Crippen LogP contribution in [0.15, 0.2) is 12.4 Å². The summed E-state index contributed by atoms with van der Waals surface area (Å²) in [6.07, 6.45) is 3.89. The first kappa shape index (κ1) is 15.2. The van der Waals surface area contributed by atoms with Gasteiger partial charge in [0.1, 0.15) is 0 Å². The Balaban J connectivity index is 1.35. The fraction of sp³-hybridized carbons (Fsp3) is 0.750. The number of hydrogen-bond acceptors (Lipinski definition) is 6. The summed E-state index contributed by atoms with van der Waals surface area (Å²) in [5.41, 5.74) is 0. The number of anilines is 1. The number of fused-ring (bicyclic) bond motifs is 1. The monoisotopic (exact) mass is 322 g/mol. The van der Waals surface area contributed by atoms with Crippen LogP contribution in [-0.4, -0.2) is 73.5 Å². The highest BCUT2D eigenvalue weighted by molar-refractivity contribution is 5.30. The maximum absolute atomic E-state index is 13.0. The summed E-state index contributed by atoms with van der Waals surface area (Å²) in [5.74, 6) is 1.36. The molecule has 3 aliphatic rings. The van der Waals surface area contributed by atoms with E-state index >= 15 is 0 Å². The van der Waals surface area contributed by atoms with Crippen LogP contribution in [0.4, 0.5) is 10.3 Å². The molecule has 0 radical (unpaired) electrons. The van der Waals surface area contributed by atoms with Gasteiger partial charge in [0, 0.05) is 38.6 Å². The molecule has 3 saturated heterocycles. The SMILES string of the molecule is Fc1cnc(N2CC[C@@H]3[C@@H](CO[C@H]3CN3CCOCC3)C2)nc1. The first-order valence-corrected chi connectivity index (χ1v) is 8.44. The molecule has 3 fully saturated rings. The minimum atomic E-state index is -0.390. The highest BCUT2D eigenvalue weighted by Crippen LogP contribution is 2.35. The fourth-order valence-corrected chi connectivity index (χ4v) is 3.96. The van der Waals surface area contributed by atoms with Gasteiger partial charge in [0.2, 0.25) is 5.95 Å². The van der Waals surface area contributed by atoms with Gasteiger partial charge in [-0.1, -0.05) is 0 Å². The molecule has 126 valence electrons. The van der Waals surface area contributed by atoms with Gasteiger partial charge in [0.05, 0.1) is 38.3 Å². The van der Waals surface area contributed by atoms with E-state index in [0.717, 1.165) is 59.0 Å². The van der Waals surface area contributed by atoms with Crippen LogP contribution in [0, 0.1) is 17.7 Å². The Morgan fingerprint density at radius 3 is 2.74 bits per heavy atom. The van der Waals surface area contributed by atoms with E-state index in [2.05, 4.69) is 19.8 Å². The Bertz CT molecular complexity index is 523. The van der Waals surface area contributed by atoms with Crippen LogP contribution in [0.3, 0.4) is 0 Å². The fourth-order valence-electron chi connectivity index (χ4n) is 3.96. The second-order valence-corrected chi connectivity index (χ2v) is 6.64. The molecule has 4 heterocycles. The van der Waals surface area contributed by atoms with Crippen molar-refractivity contribution in [3.05, 3.63) is 18.2 Å². The smallest absolute Gasteiger partial charge is 0.225 e. The quantitative estimate of drug-likeness (QED) is 0.820. The van der Waals surface area contributed by atoms with Gasteiger partial charge in [0.15, 0.2) is 5.82 Å². The minimum absolute atomic E-state index is 0.328. The Morgan fingerprint density at radius 2 is 1.96 bits per heavy atom. The zero-order valence-corrected chi connectivity index (χ0v) is 13.2. The lowest BCUT2D eigenvalue weighted by molar-refractivity contribution is -0.00128. The normalized spacial score (nSPS) is 32.0. The Hall–Kier alpha value is -1.31. The standard InChI is InChI=1S/C16H23FN4O2/c17-13-7-18-16(19-8-13)21-2-1-14-12(9-21)11-23-15(14)10-20-3-5-22-6-4-20/h7-8,12,14-15H,1-6,9-11H2/t12-,14-,15+/m1/s1. The van der Waals surface area contributed by atoms with E-state index in [0.29, 0.717) is 23.9 Å². The highest BCUT2D eigenvalue weighted by atomic mass is 19.1. The van der Waals surface area contributed by atoms with Crippen molar-refractivity contribution < 1.29 is 13.9 Å². The van der Waals surface area contributed by atoms with Gasteiger partial charge in [-0.3, -0.25) is 4.90 Å². The highest BCUT2D eigenvalue weighted by Gasteiger charge is 2.41. The molecule has 4 rings (SSSR count). The van der Waals surface area contributed by atoms with E-state index in [1.54, 1.807) is 0 Å². The number of halogens is 1. The molecule has 0 amide bonds. The molecule has 3 aliphatic heterocycles. The summed E-state index contributed by atoms with van der Waals surface area (Å²) in [5, 5.41) is 0. The maximum Gasteiger partial charge on any atom is 0.225 e. The van der Waals surface area contributed by atoms with Crippen molar-refractivity contribution in [3.63, 3.8) is 0 Å². The van der Waals surface area contributed by atoms with Crippen molar-refractivity contribution in [3.8, 4) is 0 Å². The molecule has 7 heteroatoms. The molecule has 0 aromatic carbocycles. The van der Waals surface area contributed by atoms with Gasteiger partial charge in [-0.25, -0.2) is 14.4 Å². The van der Waals surface area contributed by atoms with Crippen molar-refractivity contribution in [2.45, 2.75) is 12.5 Å². The predicted octanol–water partition coefficient (Wildman–Crippen LogP) is 0.789. The molecule has 3 atom stereocenters. The van der Waals surface area contributed by atoms with E-state index < -0.39 is 5.82 Å². The van der Waals surface area contributed by atoms with Crippen LogP contribution in [0.25, 0.3) is 0 Å².